The predicted molar refractivity (Wildman–Crippen MR) is 97.5 cm³/mol. The number of benzene rings is 2. The lowest BCUT2D eigenvalue weighted by molar-refractivity contribution is 0.0642. The van der Waals surface area contributed by atoms with Crippen LogP contribution in [0.3, 0.4) is 0 Å². The molecule has 144 valence electrons. The Morgan fingerprint density at radius 3 is 1.59 bits per heavy atom. The lowest BCUT2D eigenvalue weighted by Gasteiger charge is -2.13. The molecule has 12 heteroatoms. The number of nitrogens with zero attached hydrogens (tertiary/aromatic N) is 1. The fourth-order valence-electron chi connectivity index (χ4n) is 2.32. The highest BCUT2D eigenvalue weighted by Gasteiger charge is 2.34. The molecule has 0 bridgehead atoms. The van der Waals surface area contributed by atoms with Gasteiger partial charge in [-0.25, -0.2) is 8.42 Å². The van der Waals surface area contributed by atoms with Crippen molar-refractivity contribution < 1.29 is 31.0 Å². The molecule has 0 aromatic heterocycles. The van der Waals surface area contributed by atoms with Crippen LogP contribution in [0, 0.1) is 0 Å². The Morgan fingerprint density at radius 2 is 1.22 bits per heavy atom. The van der Waals surface area contributed by atoms with Crippen molar-refractivity contribution in [3.63, 3.8) is 0 Å². The molecule has 2 aromatic rings. The molecule has 0 radical (unpaired) electrons. The first-order valence-electron chi connectivity index (χ1n) is 7.04. The summed E-state index contributed by atoms with van der Waals surface area (Å²) in [5.41, 5.74) is 1.40. The van der Waals surface area contributed by atoms with Gasteiger partial charge in [-0.05, 0) is 29.8 Å². The van der Waals surface area contributed by atoms with Crippen LogP contribution in [0.15, 0.2) is 53.4 Å². The molecule has 8 nitrogen and oxygen atoms in total. The average molecular weight is 452 g/mol. The summed E-state index contributed by atoms with van der Waals surface area (Å²) in [5.74, 6) is -0.704. The van der Waals surface area contributed by atoms with Crippen LogP contribution in [0.2, 0.25) is 0 Å². The minimum Gasteiger partial charge on any atom is -0.273 e. The molecule has 0 atom stereocenters. The molecule has 0 unspecified atom stereocenters. The molecular weight excluding hydrogens is 441 g/mol. The van der Waals surface area contributed by atoms with Gasteiger partial charge in [-0.3, -0.25) is 19.0 Å². The molecule has 1 N–H and O–H groups in total. The van der Waals surface area contributed by atoms with Gasteiger partial charge >= 0.3 is 9.33 Å². The maximum Gasteiger partial charge on any atom is 0.353 e. The minimum atomic E-state index is -4.19. The normalized spacial score (nSPS) is 13.8. The summed E-state index contributed by atoms with van der Waals surface area (Å²) in [5, 5.41) is 0. The van der Waals surface area contributed by atoms with Crippen LogP contribution >= 0.6 is 21.4 Å². The molecule has 3 rings (SSSR count). The summed E-state index contributed by atoms with van der Waals surface area (Å²) < 4.78 is 47.5. The Bertz CT molecular complexity index is 1050. The van der Waals surface area contributed by atoms with Gasteiger partial charge in [0, 0.05) is 21.4 Å². The second kappa shape index (κ2) is 7.95. The van der Waals surface area contributed by atoms with Gasteiger partial charge in [0.15, 0.2) is 0 Å². The fraction of sp³-hybridized carbons (Fsp3) is 0.0667. The van der Waals surface area contributed by atoms with E-state index in [2.05, 4.69) is 10.7 Å². The lowest BCUT2D eigenvalue weighted by atomic mass is 10.1. The van der Waals surface area contributed by atoms with Crippen molar-refractivity contribution in [1.29, 1.82) is 0 Å². The first-order valence-corrected chi connectivity index (χ1v) is 11.6. The Kier molecular flexibility index (Phi) is 6.28. The van der Waals surface area contributed by atoms with Crippen molar-refractivity contribution in [2.75, 3.05) is 0 Å². The molecule has 27 heavy (non-hydrogen) atoms. The zero-order chi connectivity index (χ0) is 20.4. The van der Waals surface area contributed by atoms with Crippen molar-refractivity contribution in [1.82, 2.24) is 4.90 Å². The van der Waals surface area contributed by atoms with E-state index in [4.69, 9.17) is 23.7 Å². The molecule has 0 fully saturated rings. The van der Waals surface area contributed by atoms with Crippen LogP contribution in [0.25, 0.3) is 0 Å². The average Bonchev–Trinajstić information content (AvgIpc) is 2.79. The molecular formula is C15H11Cl2NO7S2. The third kappa shape index (κ3) is 5.75. The second-order valence-electron chi connectivity index (χ2n) is 5.24. The molecule has 0 spiro atoms. The SMILES string of the molecule is O=C1c2ccccc2C(=O)N1Cc1ccc(S(=O)(=O)Cl)cc1.O=S(=O)(O)Cl. The van der Waals surface area contributed by atoms with Gasteiger partial charge in [0.2, 0.25) is 0 Å². The van der Waals surface area contributed by atoms with Crippen molar-refractivity contribution in [3.8, 4) is 0 Å². The third-order valence-corrected chi connectivity index (χ3v) is 4.79. The molecule has 0 aliphatic carbocycles. The molecule has 1 heterocycles. The monoisotopic (exact) mass is 451 g/mol. The van der Waals surface area contributed by atoms with Crippen LogP contribution in [0.1, 0.15) is 26.3 Å². The Hall–Kier alpha value is -1.98. The highest BCUT2D eigenvalue weighted by Crippen LogP contribution is 2.24. The molecule has 1 aliphatic heterocycles. The van der Waals surface area contributed by atoms with Crippen LogP contribution in [0.5, 0.6) is 0 Å². The number of halogens is 2. The summed E-state index contributed by atoms with van der Waals surface area (Å²) in [7, 11) is 1.32. The quantitative estimate of drug-likeness (QED) is 0.431. The summed E-state index contributed by atoms with van der Waals surface area (Å²) in [6.45, 7) is 0.0783. The van der Waals surface area contributed by atoms with E-state index >= 15 is 0 Å². The molecule has 0 saturated heterocycles. The smallest absolute Gasteiger partial charge is 0.273 e. The van der Waals surface area contributed by atoms with E-state index in [1.807, 2.05) is 0 Å². The van der Waals surface area contributed by atoms with Gasteiger partial charge in [-0.1, -0.05) is 24.3 Å². The number of amides is 2. The van der Waals surface area contributed by atoms with E-state index in [1.165, 1.54) is 24.3 Å². The Balaban J connectivity index is 0.000000465. The number of imide groups is 1. The number of rotatable bonds is 3. The summed E-state index contributed by atoms with van der Waals surface area (Å²) in [6.07, 6.45) is 0. The molecule has 2 amide bonds. The van der Waals surface area contributed by atoms with Gasteiger partial charge in [0.1, 0.15) is 0 Å². The van der Waals surface area contributed by atoms with Gasteiger partial charge in [0.25, 0.3) is 20.9 Å². The lowest BCUT2D eigenvalue weighted by Crippen LogP contribution is -2.29. The number of carbonyl (C=O) groups excluding carboxylic acids is 2. The Labute approximate surface area is 164 Å². The van der Waals surface area contributed by atoms with E-state index in [0.29, 0.717) is 16.7 Å². The largest absolute Gasteiger partial charge is 0.353 e. The number of fused-ring (bicyclic) bond motifs is 1. The van der Waals surface area contributed by atoms with Crippen LogP contribution < -0.4 is 0 Å². The van der Waals surface area contributed by atoms with Crippen LogP contribution in [-0.4, -0.2) is 38.1 Å². The van der Waals surface area contributed by atoms with Crippen molar-refractivity contribution in [3.05, 3.63) is 65.2 Å². The van der Waals surface area contributed by atoms with Crippen LogP contribution in [-0.2, 0) is 24.9 Å². The zero-order valence-corrected chi connectivity index (χ0v) is 16.4. The van der Waals surface area contributed by atoms with Crippen LogP contribution in [0.4, 0.5) is 0 Å². The predicted octanol–water partition coefficient (Wildman–Crippen LogP) is 2.44. The van der Waals surface area contributed by atoms with E-state index in [0.717, 1.165) is 4.90 Å². The summed E-state index contributed by atoms with van der Waals surface area (Å²) in [4.78, 5) is 25.6. The van der Waals surface area contributed by atoms with E-state index < -0.39 is 18.4 Å². The maximum atomic E-state index is 12.2. The fourth-order valence-corrected chi connectivity index (χ4v) is 3.09. The van der Waals surface area contributed by atoms with E-state index in [-0.39, 0.29) is 23.3 Å². The van der Waals surface area contributed by atoms with Gasteiger partial charge in [0.05, 0.1) is 22.6 Å². The zero-order valence-electron chi connectivity index (χ0n) is 13.2. The highest BCUT2D eigenvalue weighted by atomic mass is 35.7. The number of hydrogen-bond acceptors (Lipinski definition) is 6. The molecule has 1 aliphatic rings. The first-order chi connectivity index (χ1) is 12.4. The summed E-state index contributed by atoms with van der Waals surface area (Å²) >= 11 is 0. The maximum absolute atomic E-state index is 12.2. The van der Waals surface area contributed by atoms with Gasteiger partial charge in [-0.2, -0.15) is 8.42 Å². The molecule has 0 saturated carbocycles. The van der Waals surface area contributed by atoms with Crippen molar-refractivity contribution in [2.45, 2.75) is 11.4 Å². The first kappa shape index (κ1) is 21.3. The number of hydrogen-bond donors (Lipinski definition) is 1. The molecule has 2 aromatic carbocycles. The summed E-state index contributed by atoms with van der Waals surface area (Å²) in [6, 6.07) is 12.4. The Morgan fingerprint density at radius 1 is 0.815 bits per heavy atom. The topological polar surface area (TPSA) is 126 Å². The van der Waals surface area contributed by atoms with Crippen molar-refractivity contribution in [2.24, 2.45) is 0 Å². The highest BCUT2D eigenvalue weighted by molar-refractivity contribution is 8.13. The third-order valence-electron chi connectivity index (χ3n) is 3.42. The number of carbonyl (C=O) groups is 2. The van der Waals surface area contributed by atoms with E-state index in [1.54, 1.807) is 24.3 Å². The van der Waals surface area contributed by atoms with E-state index in [9.17, 15) is 18.0 Å². The van der Waals surface area contributed by atoms with Gasteiger partial charge in [-0.15, -0.1) is 0 Å². The standard InChI is InChI=1S/C15H10ClNO4S.ClHO3S/c16-22(20,21)11-7-5-10(6-8-11)9-17-14(18)12-3-1-2-4-13(12)15(17)19;1-5(2,3)4/h1-8H,9H2;(H,2,3,4). The van der Waals surface area contributed by atoms with Crippen molar-refractivity contribution >= 4 is 51.6 Å². The van der Waals surface area contributed by atoms with Gasteiger partial charge < -0.3 is 0 Å². The minimum absolute atomic E-state index is 0.0275. The second-order valence-corrected chi connectivity index (χ2v) is 9.80.